The summed E-state index contributed by atoms with van der Waals surface area (Å²) in [4.78, 5) is 20.1. The van der Waals surface area contributed by atoms with Crippen molar-refractivity contribution in [3.05, 3.63) is 48.3 Å². The van der Waals surface area contributed by atoms with Crippen molar-refractivity contribution in [1.82, 2.24) is 29.5 Å². The summed E-state index contributed by atoms with van der Waals surface area (Å²) in [6, 6.07) is 9.59. The van der Waals surface area contributed by atoms with Crippen molar-refractivity contribution >= 4 is 5.97 Å². The van der Waals surface area contributed by atoms with Crippen molar-refractivity contribution in [3.8, 4) is 11.4 Å². The molecule has 8 nitrogen and oxygen atoms in total. The largest absolute Gasteiger partial charge is 0.480 e. The van der Waals surface area contributed by atoms with E-state index in [1.165, 1.54) is 4.68 Å². The average Bonchev–Trinajstić information content (AvgIpc) is 3.21. The third-order valence-electron chi connectivity index (χ3n) is 4.20. The Kier molecular flexibility index (Phi) is 3.56. The third-order valence-corrected chi connectivity index (χ3v) is 4.20. The summed E-state index contributed by atoms with van der Waals surface area (Å²) >= 11 is 0. The molecule has 3 aromatic rings. The highest BCUT2D eigenvalue weighted by molar-refractivity contribution is 5.66. The predicted octanol–water partition coefficient (Wildman–Crippen LogP) is 1.35. The van der Waals surface area contributed by atoms with Crippen molar-refractivity contribution in [2.75, 3.05) is 0 Å². The van der Waals surface area contributed by atoms with Crippen LogP contribution in [0.15, 0.2) is 36.7 Å². The number of benzene rings is 1. The number of carboxylic acids is 1. The lowest BCUT2D eigenvalue weighted by Gasteiger charge is -2.21. The molecule has 24 heavy (non-hydrogen) atoms. The van der Waals surface area contributed by atoms with Gasteiger partial charge in [-0.25, -0.2) is 14.6 Å². The van der Waals surface area contributed by atoms with Crippen molar-refractivity contribution in [2.45, 2.75) is 31.8 Å². The SMILES string of the molecule is O=C(O)Cn1nc(-c2ccccc2)nc1C1CCn2ncnc2C1. The number of hydrogen-bond donors (Lipinski definition) is 1. The molecule has 0 saturated carbocycles. The maximum Gasteiger partial charge on any atom is 0.325 e. The van der Waals surface area contributed by atoms with Gasteiger partial charge in [0.1, 0.15) is 24.5 Å². The van der Waals surface area contributed by atoms with Gasteiger partial charge < -0.3 is 5.11 Å². The zero-order valence-corrected chi connectivity index (χ0v) is 12.9. The molecule has 4 rings (SSSR count). The van der Waals surface area contributed by atoms with E-state index in [4.69, 9.17) is 0 Å². The Morgan fingerprint density at radius 1 is 1.29 bits per heavy atom. The Morgan fingerprint density at radius 2 is 2.12 bits per heavy atom. The fourth-order valence-corrected chi connectivity index (χ4v) is 3.06. The summed E-state index contributed by atoms with van der Waals surface area (Å²) in [5, 5.41) is 17.8. The zero-order chi connectivity index (χ0) is 16.5. The van der Waals surface area contributed by atoms with E-state index in [1.54, 1.807) is 6.33 Å². The minimum absolute atomic E-state index is 0.0889. The highest BCUT2D eigenvalue weighted by atomic mass is 16.4. The lowest BCUT2D eigenvalue weighted by Crippen LogP contribution is -2.23. The molecular weight excluding hydrogens is 308 g/mol. The van der Waals surface area contributed by atoms with Gasteiger partial charge in [0.05, 0.1) is 0 Å². The van der Waals surface area contributed by atoms with Crippen LogP contribution in [0.25, 0.3) is 11.4 Å². The topological polar surface area (TPSA) is 98.7 Å². The van der Waals surface area contributed by atoms with Gasteiger partial charge in [-0.2, -0.15) is 10.2 Å². The second-order valence-electron chi connectivity index (χ2n) is 5.80. The lowest BCUT2D eigenvalue weighted by molar-refractivity contribution is -0.137. The van der Waals surface area contributed by atoms with Gasteiger partial charge in [0, 0.05) is 24.4 Å². The molecular formula is C16H16N6O2. The predicted molar refractivity (Wildman–Crippen MR) is 84.2 cm³/mol. The van der Waals surface area contributed by atoms with E-state index in [9.17, 15) is 9.90 Å². The zero-order valence-electron chi connectivity index (χ0n) is 12.9. The number of carbonyl (C=O) groups is 1. The number of fused-ring (bicyclic) bond motifs is 1. The molecule has 1 aliphatic heterocycles. The molecule has 3 heterocycles. The van der Waals surface area contributed by atoms with Gasteiger partial charge in [0.2, 0.25) is 0 Å². The van der Waals surface area contributed by atoms with Crippen LogP contribution in [0, 0.1) is 0 Å². The molecule has 8 heteroatoms. The van der Waals surface area contributed by atoms with Gasteiger partial charge >= 0.3 is 5.97 Å². The van der Waals surface area contributed by atoms with Crippen LogP contribution in [0.5, 0.6) is 0 Å². The molecule has 0 saturated heterocycles. The van der Waals surface area contributed by atoms with Gasteiger partial charge in [0.15, 0.2) is 5.82 Å². The number of hydrogen-bond acceptors (Lipinski definition) is 5. The highest BCUT2D eigenvalue weighted by Gasteiger charge is 2.27. The monoisotopic (exact) mass is 324 g/mol. The molecule has 0 spiro atoms. The van der Waals surface area contributed by atoms with E-state index >= 15 is 0 Å². The van der Waals surface area contributed by atoms with Crippen LogP contribution in [0.2, 0.25) is 0 Å². The van der Waals surface area contributed by atoms with Crippen LogP contribution >= 0.6 is 0 Å². The lowest BCUT2D eigenvalue weighted by atomic mass is 9.97. The number of rotatable bonds is 4. The quantitative estimate of drug-likeness (QED) is 0.778. The first kappa shape index (κ1) is 14.6. The van der Waals surface area contributed by atoms with Gasteiger partial charge in [-0.1, -0.05) is 30.3 Å². The van der Waals surface area contributed by atoms with Crippen molar-refractivity contribution in [1.29, 1.82) is 0 Å². The van der Waals surface area contributed by atoms with Crippen LogP contribution in [-0.2, 0) is 24.3 Å². The molecule has 2 aromatic heterocycles. The van der Waals surface area contributed by atoms with E-state index in [1.807, 2.05) is 35.0 Å². The Bertz CT molecular complexity index is 870. The second kappa shape index (κ2) is 5.88. The van der Waals surface area contributed by atoms with E-state index in [2.05, 4.69) is 20.2 Å². The number of carboxylic acid groups (broad SMARTS) is 1. The van der Waals surface area contributed by atoms with Gasteiger partial charge in [-0.15, -0.1) is 0 Å². The van der Waals surface area contributed by atoms with E-state index in [0.29, 0.717) is 18.1 Å². The van der Waals surface area contributed by atoms with Crippen molar-refractivity contribution in [3.63, 3.8) is 0 Å². The molecule has 122 valence electrons. The molecule has 0 bridgehead atoms. The minimum atomic E-state index is -0.931. The Morgan fingerprint density at radius 3 is 2.92 bits per heavy atom. The van der Waals surface area contributed by atoms with Gasteiger partial charge in [-0.05, 0) is 6.42 Å². The molecule has 1 aromatic carbocycles. The van der Waals surface area contributed by atoms with Gasteiger partial charge in [0.25, 0.3) is 0 Å². The van der Waals surface area contributed by atoms with Gasteiger partial charge in [-0.3, -0.25) is 9.48 Å². The summed E-state index contributed by atoms with van der Waals surface area (Å²) in [5.41, 5.74) is 0.877. The van der Waals surface area contributed by atoms with E-state index < -0.39 is 5.97 Å². The minimum Gasteiger partial charge on any atom is -0.480 e. The Labute approximate surface area is 137 Å². The maximum atomic E-state index is 11.2. The van der Waals surface area contributed by atoms with E-state index in [-0.39, 0.29) is 12.5 Å². The summed E-state index contributed by atoms with van der Waals surface area (Å²) in [7, 11) is 0. The summed E-state index contributed by atoms with van der Waals surface area (Å²) < 4.78 is 3.38. The first-order valence-electron chi connectivity index (χ1n) is 7.79. The molecule has 0 fully saturated rings. The van der Waals surface area contributed by atoms with Crippen LogP contribution < -0.4 is 0 Å². The van der Waals surface area contributed by atoms with Crippen LogP contribution in [-0.4, -0.2) is 40.6 Å². The first-order chi connectivity index (χ1) is 11.7. The molecule has 1 N–H and O–H groups in total. The maximum absolute atomic E-state index is 11.2. The second-order valence-corrected chi connectivity index (χ2v) is 5.80. The van der Waals surface area contributed by atoms with Crippen molar-refractivity contribution in [2.24, 2.45) is 0 Å². The first-order valence-corrected chi connectivity index (χ1v) is 7.79. The molecule has 0 amide bonds. The van der Waals surface area contributed by atoms with Crippen LogP contribution in [0.1, 0.15) is 24.0 Å². The van der Waals surface area contributed by atoms with Crippen molar-refractivity contribution < 1.29 is 9.90 Å². The molecule has 0 aliphatic carbocycles. The molecule has 1 atom stereocenters. The summed E-state index contributed by atoms with van der Waals surface area (Å²) in [6.45, 7) is 0.555. The summed E-state index contributed by atoms with van der Waals surface area (Å²) in [5.74, 6) is 1.31. The average molecular weight is 324 g/mol. The van der Waals surface area contributed by atoms with Crippen LogP contribution in [0.4, 0.5) is 0 Å². The third kappa shape index (κ3) is 2.66. The molecule has 1 aliphatic rings. The van der Waals surface area contributed by atoms with E-state index in [0.717, 1.165) is 24.4 Å². The molecule has 0 radical (unpaired) electrons. The van der Waals surface area contributed by atoms with Crippen LogP contribution in [0.3, 0.4) is 0 Å². The fraction of sp³-hybridized carbons (Fsp3) is 0.312. The number of aryl methyl sites for hydroxylation is 1. The Balaban J connectivity index is 1.71. The normalized spacial score (nSPS) is 16.8. The number of aromatic nitrogens is 6. The fourth-order valence-electron chi connectivity index (χ4n) is 3.06. The number of nitrogens with zero attached hydrogens (tertiary/aromatic N) is 6. The standard InChI is InChI=1S/C16H16N6O2/c23-14(24)9-22-16(12-6-7-21-13(8-12)17-10-18-21)19-15(20-22)11-4-2-1-3-5-11/h1-5,10,12H,6-9H2,(H,23,24). The Hall–Kier alpha value is -3.03. The smallest absolute Gasteiger partial charge is 0.325 e. The summed E-state index contributed by atoms with van der Waals surface area (Å²) in [6.07, 6.45) is 3.07. The highest BCUT2D eigenvalue weighted by Crippen LogP contribution is 2.28. The number of aliphatic carboxylic acids is 1. The molecule has 1 unspecified atom stereocenters.